The van der Waals surface area contributed by atoms with Crippen molar-refractivity contribution in [2.45, 2.75) is 35.0 Å². The predicted molar refractivity (Wildman–Crippen MR) is 118 cm³/mol. The lowest BCUT2D eigenvalue weighted by Gasteiger charge is -2.13. The van der Waals surface area contributed by atoms with Gasteiger partial charge in [-0.15, -0.1) is 0 Å². The topological polar surface area (TPSA) is 46.2 Å². The predicted octanol–water partition coefficient (Wildman–Crippen LogP) is 6.49. The number of benzene rings is 3. The van der Waals surface area contributed by atoms with E-state index in [1.165, 1.54) is 11.8 Å². The average Bonchev–Trinajstić information content (AvgIpc) is 2.65. The van der Waals surface area contributed by atoms with Crippen LogP contribution in [0.2, 0.25) is 5.02 Å². The number of halogens is 1. The first kappa shape index (κ1) is 20.8. The number of rotatable bonds is 7. The lowest BCUT2D eigenvalue weighted by atomic mass is 10.0. The van der Waals surface area contributed by atoms with Crippen molar-refractivity contribution in [1.29, 1.82) is 0 Å². The van der Waals surface area contributed by atoms with Gasteiger partial charge in [0.1, 0.15) is 0 Å². The van der Waals surface area contributed by atoms with Crippen LogP contribution in [-0.2, 0) is 16.4 Å². The second-order valence-corrected chi connectivity index (χ2v) is 10.1. The molecule has 0 saturated carbocycles. The summed E-state index contributed by atoms with van der Waals surface area (Å²) in [5, 5.41) is 0.666. The Morgan fingerprint density at radius 2 is 1.57 bits per heavy atom. The number of para-hydroxylation sites is 1. The first-order valence-electron chi connectivity index (χ1n) is 8.98. The molecule has 3 aromatic rings. The van der Waals surface area contributed by atoms with Gasteiger partial charge in [0.15, 0.2) is 0 Å². The van der Waals surface area contributed by atoms with Crippen LogP contribution < -0.4 is 4.72 Å². The molecule has 0 atom stereocenters. The molecule has 0 heterocycles. The monoisotopic (exact) mass is 431 g/mol. The average molecular weight is 432 g/mol. The Kier molecular flexibility index (Phi) is 6.70. The van der Waals surface area contributed by atoms with E-state index in [2.05, 4.69) is 18.6 Å². The largest absolute Gasteiger partial charge is 0.278 e. The fourth-order valence-electron chi connectivity index (χ4n) is 2.75. The third-order valence-corrected chi connectivity index (χ3v) is 6.77. The third-order valence-electron chi connectivity index (χ3n) is 4.05. The fourth-order valence-corrected chi connectivity index (χ4v) is 4.92. The van der Waals surface area contributed by atoms with Gasteiger partial charge in [-0.2, -0.15) is 0 Å². The summed E-state index contributed by atoms with van der Waals surface area (Å²) >= 11 is 7.42. The zero-order chi connectivity index (χ0) is 20.1. The number of sulfonamides is 1. The summed E-state index contributed by atoms with van der Waals surface area (Å²) in [6, 6.07) is 21.9. The maximum absolute atomic E-state index is 12.8. The highest BCUT2D eigenvalue weighted by Gasteiger charge is 2.16. The van der Waals surface area contributed by atoms with Gasteiger partial charge in [-0.05, 0) is 66.4 Å². The van der Waals surface area contributed by atoms with Crippen LogP contribution in [0.4, 0.5) is 5.69 Å². The standard InChI is InChI=1S/C22H22ClNO2S2/c1-16(2)15-17-7-13-20(14-8-17)28(25,26)24-21-5-3-4-6-22(21)27-19-11-9-18(23)10-12-19/h3-14,16,24H,15H2,1-2H3. The van der Waals surface area contributed by atoms with Crippen molar-refractivity contribution >= 4 is 39.1 Å². The molecule has 0 aromatic heterocycles. The summed E-state index contributed by atoms with van der Waals surface area (Å²) in [6.45, 7) is 4.28. The normalized spacial score (nSPS) is 11.6. The number of nitrogens with one attached hydrogen (secondary N) is 1. The molecular formula is C22H22ClNO2S2. The van der Waals surface area contributed by atoms with Gasteiger partial charge in [-0.25, -0.2) is 8.42 Å². The van der Waals surface area contributed by atoms with Gasteiger partial charge in [-0.3, -0.25) is 4.72 Å². The molecule has 0 spiro atoms. The van der Waals surface area contributed by atoms with Gasteiger partial charge in [0, 0.05) is 14.8 Å². The van der Waals surface area contributed by atoms with Crippen molar-refractivity contribution in [2.75, 3.05) is 4.72 Å². The van der Waals surface area contributed by atoms with Gasteiger partial charge in [0.05, 0.1) is 10.6 Å². The Morgan fingerprint density at radius 1 is 0.929 bits per heavy atom. The quantitative estimate of drug-likeness (QED) is 0.465. The third kappa shape index (κ3) is 5.53. The van der Waals surface area contributed by atoms with Crippen LogP contribution in [0.25, 0.3) is 0 Å². The summed E-state index contributed by atoms with van der Waals surface area (Å²) < 4.78 is 28.4. The minimum atomic E-state index is -3.66. The molecule has 6 heteroatoms. The Morgan fingerprint density at radius 3 is 2.21 bits per heavy atom. The molecule has 0 radical (unpaired) electrons. The van der Waals surface area contributed by atoms with Crippen LogP contribution in [0.3, 0.4) is 0 Å². The molecule has 0 saturated heterocycles. The molecule has 0 aliphatic rings. The van der Waals surface area contributed by atoms with E-state index >= 15 is 0 Å². The molecule has 0 bridgehead atoms. The fraction of sp³-hybridized carbons (Fsp3) is 0.182. The number of hydrogen-bond acceptors (Lipinski definition) is 3. The molecule has 1 N–H and O–H groups in total. The van der Waals surface area contributed by atoms with E-state index in [1.54, 1.807) is 18.2 Å². The van der Waals surface area contributed by atoms with Crippen LogP contribution in [-0.4, -0.2) is 8.42 Å². The molecule has 0 amide bonds. The molecule has 28 heavy (non-hydrogen) atoms. The lowest BCUT2D eigenvalue weighted by molar-refractivity contribution is 0.601. The van der Waals surface area contributed by atoms with Crippen LogP contribution in [0, 0.1) is 5.92 Å². The second-order valence-electron chi connectivity index (χ2n) is 6.90. The van der Waals surface area contributed by atoms with Crippen molar-refractivity contribution in [2.24, 2.45) is 5.92 Å². The minimum absolute atomic E-state index is 0.256. The highest BCUT2D eigenvalue weighted by molar-refractivity contribution is 7.99. The number of hydrogen-bond donors (Lipinski definition) is 1. The molecule has 3 rings (SSSR count). The Labute approximate surface area is 176 Å². The smallest absolute Gasteiger partial charge is 0.261 e. The van der Waals surface area contributed by atoms with Gasteiger partial charge >= 0.3 is 0 Å². The molecule has 0 fully saturated rings. The zero-order valence-corrected chi connectivity index (χ0v) is 18.1. The summed E-state index contributed by atoms with van der Waals surface area (Å²) in [6.07, 6.45) is 0.925. The highest BCUT2D eigenvalue weighted by atomic mass is 35.5. The maximum atomic E-state index is 12.8. The summed E-state index contributed by atoms with van der Waals surface area (Å²) in [5.74, 6) is 0.525. The molecule has 146 valence electrons. The van der Waals surface area contributed by atoms with Crippen molar-refractivity contribution in [3.05, 3.63) is 83.4 Å². The molecule has 3 aromatic carbocycles. The van der Waals surface area contributed by atoms with Crippen LogP contribution in [0.1, 0.15) is 19.4 Å². The van der Waals surface area contributed by atoms with Crippen LogP contribution in [0.5, 0.6) is 0 Å². The zero-order valence-electron chi connectivity index (χ0n) is 15.7. The Bertz CT molecular complexity index is 1030. The molecular weight excluding hydrogens is 410 g/mol. The van der Waals surface area contributed by atoms with Gasteiger partial charge in [-0.1, -0.05) is 61.5 Å². The van der Waals surface area contributed by atoms with E-state index in [0.29, 0.717) is 16.6 Å². The second kappa shape index (κ2) is 9.03. The van der Waals surface area contributed by atoms with Gasteiger partial charge in [0.2, 0.25) is 0 Å². The van der Waals surface area contributed by atoms with Crippen molar-refractivity contribution in [3.8, 4) is 0 Å². The van der Waals surface area contributed by atoms with Crippen molar-refractivity contribution in [1.82, 2.24) is 0 Å². The van der Waals surface area contributed by atoms with E-state index in [1.807, 2.05) is 54.6 Å². The minimum Gasteiger partial charge on any atom is -0.278 e. The van der Waals surface area contributed by atoms with E-state index < -0.39 is 10.0 Å². The molecule has 0 aliphatic carbocycles. The van der Waals surface area contributed by atoms with Crippen molar-refractivity contribution in [3.63, 3.8) is 0 Å². The number of anilines is 1. The molecule has 0 unspecified atom stereocenters. The molecule has 0 aliphatic heterocycles. The van der Waals surface area contributed by atoms with E-state index in [9.17, 15) is 8.42 Å². The Hall–Kier alpha value is -1.95. The lowest BCUT2D eigenvalue weighted by Crippen LogP contribution is -2.13. The first-order valence-corrected chi connectivity index (χ1v) is 11.7. The van der Waals surface area contributed by atoms with Crippen LogP contribution >= 0.6 is 23.4 Å². The maximum Gasteiger partial charge on any atom is 0.261 e. The SMILES string of the molecule is CC(C)Cc1ccc(S(=O)(=O)Nc2ccccc2Sc2ccc(Cl)cc2)cc1. The van der Waals surface area contributed by atoms with Gasteiger partial charge < -0.3 is 0 Å². The van der Waals surface area contributed by atoms with E-state index in [4.69, 9.17) is 11.6 Å². The molecule has 3 nitrogen and oxygen atoms in total. The summed E-state index contributed by atoms with van der Waals surface area (Å²) in [7, 11) is -3.66. The van der Waals surface area contributed by atoms with Gasteiger partial charge in [0.25, 0.3) is 10.0 Å². The summed E-state index contributed by atoms with van der Waals surface area (Å²) in [5.41, 5.74) is 1.68. The van der Waals surface area contributed by atoms with Crippen molar-refractivity contribution < 1.29 is 8.42 Å². The Balaban J connectivity index is 1.81. The highest BCUT2D eigenvalue weighted by Crippen LogP contribution is 2.34. The van der Waals surface area contributed by atoms with Crippen LogP contribution in [0.15, 0.2) is 87.5 Å². The summed E-state index contributed by atoms with van der Waals surface area (Å²) in [4.78, 5) is 2.06. The van der Waals surface area contributed by atoms with E-state index in [0.717, 1.165) is 21.8 Å². The van der Waals surface area contributed by atoms with E-state index in [-0.39, 0.29) is 4.90 Å². The first-order chi connectivity index (χ1) is 13.3.